The van der Waals surface area contributed by atoms with Gasteiger partial charge in [0.25, 0.3) is 5.56 Å². The van der Waals surface area contributed by atoms with Gasteiger partial charge in [0.15, 0.2) is 5.16 Å². The molecule has 0 saturated heterocycles. The number of nitrogens with two attached hydrogens (primary N) is 1. The van der Waals surface area contributed by atoms with Crippen LogP contribution >= 0.6 is 39.3 Å². The number of aromatic nitrogens is 2. The van der Waals surface area contributed by atoms with Gasteiger partial charge in [0, 0.05) is 10.5 Å². The number of nitrogens with one attached hydrogen (secondary N) is 2. The monoisotopic (exact) mass is 388 g/mol. The number of aromatic amines is 1. The van der Waals surface area contributed by atoms with Crippen molar-refractivity contribution in [3.05, 3.63) is 44.1 Å². The zero-order valence-electron chi connectivity index (χ0n) is 10.5. The summed E-state index contributed by atoms with van der Waals surface area (Å²) in [6, 6.07) is 6.31. The summed E-state index contributed by atoms with van der Waals surface area (Å²) in [7, 11) is 0. The zero-order valence-corrected chi connectivity index (χ0v) is 13.7. The van der Waals surface area contributed by atoms with E-state index >= 15 is 0 Å². The van der Waals surface area contributed by atoms with Crippen LogP contribution < -0.4 is 16.6 Å². The minimum Gasteiger partial charge on any atom is -0.383 e. The van der Waals surface area contributed by atoms with Crippen LogP contribution in [0.4, 0.5) is 11.5 Å². The van der Waals surface area contributed by atoms with Crippen LogP contribution in [0.1, 0.15) is 0 Å². The normalized spacial score (nSPS) is 10.4. The van der Waals surface area contributed by atoms with Crippen molar-refractivity contribution in [1.29, 1.82) is 0 Å². The Morgan fingerprint density at radius 1 is 1.48 bits per heavy atom. The molecule has 2 rings (SSSR count). The Morgan fingerprint density at radius 2 is 2.24 bits per heavy atom. The number of carbonyl (C=O) groups excluding carboxylic acids is 1. The van der Waals surface area contributed by atoms with Gasteiger partial charge in [-0.1, -0.05) is 39.3 Å². The summed E-state index contributed by atoms with van der Waals surface area (Å²) < 4.78 is 0.821. The van der Waals surface area contributed by atoms with Gasteiger partial charge in [-0.15, -0.1) is 0 Å². The number of rotatable bonds is 4. The molecule has 0 aliphatic heterocycles. The fourth-order valence-corrected chi connectivity index (χ4v) is 2.84. The second-order valence-electron chi connectivity index (χ2n) is 3.94. The Hall–Kier alpha value is -1.51. The van der Waals surface area contributed by atoms with E-state index in [2.05, 4.69) is 31.2 Å². The van der Waals surface area contributed by atoms with E-state index in [0.29, 0.717) is 10.7 Å². The maximum absolute atomic E-state index is 11.8. The average Bonchev–Trinajstić information content (AvgIpc) is 2.39. The van der Waals surface area contributed by atoms with Crippen LogP contribution in [0.25, 0.3) is 0 Å². The molecule has 0 aliphatic rings. The van der Waals surface area contributed by atoms with Crippen molar-refractivity contribution >= 4 is 56.7 Å². The van der Waals surface area contributed by atoms with Gasteiger partial charge in [0.2, 0.25) is 5.91 Å². The third-order valence-corrected chi connectivity index (χ3v) is 3.96. The first kappa shape index (κ1) is 15.9. The molecule has 9 heteroatoms. The van der Waals surface area contributed by atoms with E-state index in [1.165, 1.54) is 6.07 Å². The summed E-state index contributed by atoms with van der Waals surface area (Å²) in [6.45, 7) is 0. The highest BCUT2D eigenvalue weighted by molar-refractivity contribution is 9.10. The Morgan fingerprint density at radius 3 is 2.90 bits per heavy atom. The van der Waals surface area contributed by atoms with Gasteiger partial charge in [0.1, 0.15) is 5.82 Å². The van der Waals surface area contributed by atoms with Crippen LogP contribution in [0, 0.1) is 0 Å². The molecule has 1 aromatic carbocycles. The lowest BCUT2D eigenvalue weighted by Gasteiger charge is -2.07. The molecule has 4 N–H and O–H groups in total. The molecule has 2 aromatic rings. The van der Waals surface area contributed by atoms with Crippen molar-refractivity contribution < 1.29 is 4.79 Å². The summed E-state index contributed by atoms with van der Waals surface area (Å²) in [5.41, 5.74) is 5.61. The minimum atomic E-state index is -0.360. The van der Waals surface area contributed by atoms with Crippen LogP contribution in [0.3, 0.4) is 0 Å². The largest absolute Gasteiger partial charge is 0.383 e. The van der Waals surface area contributed by atoms with Crippen LogP contribution in [0.5, 0.6) is 0 Å². The van der Waals surface area contributed by atoms with E-state index in [-0.39, 0.29) is 28.2 Å². The van der Waals surface area contributed by atoms with Crippen molar-refractivity contribution in [2.45, 2.75) is 5.16 Å². The van der Waals surface area contributed by atoms with E-state index in [9.17, 15) is 9.59 Å². The Kier molecular flexibility index (Phi) is 5.27. The number of hydrogen-bond acceptors (Lipinski definition) is 5. The number of H-pyrrole nitrogens is 1. The first-order chi connectivity index (χ1) is 9.94. The molecule has 1 heterocycles. The number of amides is 1. The molecule has 0 fully saturated rings. The maximum atomic E-state index is 11.8. The predicted octanol–water partition coefficient (Wildman–Crippen LogP) is 2.50. The summed E-state index contributed by atoms with van der Waals surface area (Å²) in [6.07, 6.45) is 0. The molecule has 0 radical (unpaired) electrons. The lowest BCUT2D eigenvalue weighted by atomic mass is 10.3. The molecule has 0 unspecified atom stereocenters. The lowest BCUT2D eigenvalue weighted by molar-refractivity contribution is -0.113. The maximum Gasteiger partial charge on any atom is 0.253 e. The zero-order chi connectivity index (χ0) is 15.4. The smallest absolute Gasteiger partial charge is 0.253 e. The minimum absolute atomic E-state index is 0.0682. The van der Waals surface area contributed by atoms with Gasteiger partial charge in [-0.25, -0.2) is 4.98 Å². The molecule has 0 aliphatic carbocycles. The van der Waals surface area contributed by atoms with Crippen LogP contribution in [0.15, 0.2) is 38.7 Å². The van der Waals surface area contributed by atoms with E-state index in [1.54, 1.807) is 18.2 Å². The number of benzene rings is 1. The molecule has 6 nitrogen and oxygen atoms in total. The molecule has 21 heavy (non-hydrogen) atoms. The third-order valence-electron chi connectivity index (χ3n) is 2.28. The van der Waals surface area contributed by atoms with Crippen molar-refractivity contribution in [1.82, 2.24) is 9.97 Å². The Bertz CT molecular complexity index is 737. The topological polar surface area (TPSA) is 101 Å². The predicted molar refractivity (Wildman–Crippen MR) is 87.8 cm³/mol. The van der Waals surface area contributed by atoms with Gasteiger partial charge in [-0.3, -0.25) is 9.59 Å². The standard InChI is InChI=1S/C12H10BrClN4O2S/c13-6-1-2-8(7(14)3-6)16-11(20)5-21-12-17-9(15)4-10(19)18-12/h1-4H,5H2,(H,16,20)(H3,15,17,18,19). The van der Waals surface area contributed by atoms with Crippen molar-refractivity contribution in [2.24, 2.45) is 0 Å². The fourth-order valence-electron chi connectivity index (χ4n) is 1.43. The summed E-state index contributed by atoms with van der Waals surface area (Å²) >= 11 is 10.4. The third kappa shape index (κ3) is 4.76. The van der Waals surface area contributed by atoms with Gasteiger partial charge >= 0.3 is 0 Å². The number of nitrogens with zero attached hydrogens (tertiary/aromatic N) is 1. The van der Waals surface area contributed by atoms with Gasteiger partial charge in [0.05, 0.1) is 16.5 Å². The quantitative estimate of drug-likeness (QED) is 0.551. The molecule has 110 valence electrons. The lowest BCUT2D eigenvalue weighted by Crippen LogP contribution is -2.16. The first-order valence-electron chi connectivity index (χ1n) is 5.68. The molecule has 0 bridgehead atoms. The summed E-state index contributed by atoms with van der Waals surface area (Å²) in [4.78, 5) is 29.5. The average molecular weight is 390 g/mol. The SMILES string of the molecule is Nc1cc(=O)[nH]c(SCC(=O)Nc2ccc(Br)cc2Cl)n1. The molecule has 0 saturated carbocycles. The molecule has 0 atom stereocenters. The molecule has 0 spiro atoms. The number of anilines is 2. The van der Waals surface area contributed by atoms with Gasteiger partial charge in [-0.05, 0) is 18.2 Å². The van der Waals surface area contributed by atoms with Gasteiger partial charge < -0.3 is 16.0 Å². The number of carbonyl (C=O) groups is 1. The second kappa shape index (κ2) is 6.97. The second-order valence-corrected chi connectivity index (χ2v) is 6.22. The van der Waals surface area contributed by atoms with Crippen LogP contribution in [-0.2, 0) is 4.79 Å². The summed E-state index contributed by atoms with van der Waals surface area (Å²) in [5.74, 6) is -0.0920. The fraction of sp³-hybridized carbons (Fsp3) is 0.0833. The number of halogens is 2. The first-order valence-corrected chi connectivity index (χ1v) is 7.84. The molecular weight excluding hydrogens is 380 g/mol. The highest BCUT2D eigenvalue weighted by atomic mass is 79.9. The number of hydrogen-bond donors (Lipinski definition) is 3. The van der Waals surface area contributed by atoms with E-state index in [0.717, 1.165) is 16.2 Å². The Balaban J connectivity index is 1.97. The van der Waals surface area contributed by atoms with Crippen molar-refractivity contribution in [2.75, 3.05) is 16.8 Å². The van der Waals surface area contributed by atoms with E-state index in [4.69, 9.17) is 17.3 Å². The van der Waals surface area contributed by atoms with Crippen LogP contribution in [0.2, 0.25) is 5.02 Å². The van der Waals surface area contributed by atoms with Crippen molar-refractivity contribution in [3.63, 3.8) is 0 Å². The highest BCUT2D eigenvalue weighted by Crippen LogP contribution is 2.25. The number of nitrogen functional groups attached to an aromatic ring is 1. The van der Waals surface area contributed by atoms with E-state index in [1.807, 2.05) is 0 Å². The molecule has 1 aromatic heterocycles. The Labute approximate surface area is 137 Å². The highest BCUT2D eigenvalue weighted by Gasteiger charge is 2.08. The van der Waals surface area contributed by atoms with Crippen molar-refractivity contribution in [3.8, 4) is 0 Å². The van der Waals surface area contributed by atoms with Gasteiger partial charge in [-0.2, -0.15) is 0 Å². The molecular formula is C12H10BrClN4O2S. The van der Waals surface area contributed by atoms with Crippen LogP contribution in [-0.4, -0.2) is 21.6 Å². The van der Waals surface area contributed by atoms with E-state index < -0.39 is 0 Å². The number of thioether (sulfide) groups is 1. The molecule has 1 amide bonds. The summed E-state index contributed by atoms with van der Waals surface area (Å²) in [5, 5.41) is 3.39.